The van der Waals surface area contributed by atoms with E-state index in [0.29, 0.717) is 16.0 Å². The lowest BCUT2D eigenvalue weighted by molar-refractivity contribution is 0.731. The second kappa shape index (κ2) is 4.71. The minimum absolute atomic E-state index is 0.0371. The molecule has 0 aliphatic heterocycles. The Hall–Kier alpha value is -1.79. The van der Waals surface area contributed by atoms with Crippen molar-refractivity contribution in [3.63, 3.8) is 0 Å². The molecule has 1 N–H and O–H groups in total. The molecule has 0 aliphatic carbocycles. The zero-order valence-electron chi connectivity index (χ0n) is 10.2. The topological polar surface area (TPSA) is 50.7 Å². The van der Waals surface area contributed by atoms with Crippen molar-refractivity contribution >= 4 is 33.8 Å². The third-order valence-corrected chi connectivity index (χ3v) is 4.28. The van der Waals surface area contributed by atoms with Crippen molar-refractivity contribution in [2.45, 2.75) is 13.5 Å². The van der Waals surface area contributed by atoms with Crippen LogP contribution in [0.4, 0.5) is 0 Å². The van der Waals surface area contributed by atoms with Crippen molar-refractivity contribution in [1.82, 2.24) is 14.5 Å². The number of hydrogen-bond acceptors (Lipinski definition) is 4. The zero-order chi connectivity index (χ0) is 13.4. The first-order valence-corrected chi connectivity index (χ1v) is 7.05. The van der Waals surface area contributed by atoms with Gasteiger partial charge in [0.15, 0.2) is 4.77 Å². The van der Waals surface area contributed by atoms with Crippen LogP contribution >= 0.6 is 23.6 Å². The van der Waals surface area contributed by atoms with E-state index in [2.05, 4.69) is 9.97 Å². The molecule has 3 heterocycles. The van der Waals surface area contributed by atoms with Crippen molar-refractivity contribution in [3.05, 3.63) is 56.2 Å². The summed E-state index contributed by atoms with van der Waals surface area (Å²) in [6.07, 6.45) is 3.51. The van der Waals surface area contributed by atoms with Crippen LogP contribution in [-0.4, -0.2) is 14.5 Å². The van der Waals surface area contributed by atoms with Gasteiger partial charge in [-0.1, -0.05) is 0 Å². The van der Waals surface area contributed by atoms with Crippen LogP contribution in [0.25, 0.3) is 10.2 Å². The number of pyridine rings is 1. The first kappa shape index (κ1) is 12.3. The van der Waals surface area contributed by atoms with Gasteiger partial charge in [-0.25, -0.2) is 0 Å². The van der Waals surface area contributed by atoms with E-state index >= 15 is 0 Å². The highest BCUT2D eigenvalue weighted by molar-refractivity contribution is 7.71. The van der Waals surface area contributed by atoms with Gasteiger partial charge in [-0.15, -0.1) is 11.3 Å². The van der Waals surface area contributed by atoms with E-state index in [9.17, 15) is 4.79 Å². The van der Waals surface area contributed by atoms with E-state index in [1.54, 1.807) is 17.0 Å². The van der Waals surface area contributed by atoms with Gasteiger partial charge in [0.1, 0.15) is 4.70 Å². The van der Waals surface area contributed by atoms with Gasteiger partial charge in [0.2, 0.25) is 0 Å². The molecule has 0 radical (unpaired) electrons. The Morgan fingerprint density at radius 1 is 1.47 bits per heavy atom. The molecule has 4 nitrogen and oxygen atoms in total. The van der Waals surface area contributed by atoms with E-state index in [1.165, 1.54) is 11.3 Å². The summed E-state index contributed by atoms with van der Waals surface area (Å²) in [6.45, 7) is 2.44. The van der Waals surface area contributed by atoms with Crippen LogP contribution in [0.3, 0.4) is 0 Å². The number of aryl methyl sites for hydroxylation is 1. The maximum absolute atomic E-state index is 12.4. The number of nitrogens with one attached hydrogen (secondary N) is 1. The zero-order valence-corrected chi connectivity index (χ0v) is 11.8. The van der Waals surface area contributed by atoms with Crippen LogP contribution < -0.4 is 5.56 Å². The summed E-state index contributed by atoms with van der Waals surface area (Å²) in [5.41, 5.74) is 2.87. The molecule has 3 aromatic rings. The van der Waals surface area contributed by atoms with Crippen LogP contribution in [0.1, 0.15) is 11.1 Å². The molecule has 0 bridgehead atoms. The number of aromatic nitrogens is 3. The van der Waals surface area contributed by atoms with Gasteiger partial charge >= 0.3 is 0 Å². The van der Waals surface area contributed by atoms with E-state index < -0.39 is 0 Å². The fraction of sp³-hybridized carbons (Fsp3) is 0.154. The molecule has 3 aromatic heterocycles. The Kier molecular flexibility index (Phi) is 3.04. The molecule has 96 valence electrons. The quantitative estimate of drug-likeness (QED) is 0.738. The minimum Gasteiger partial charge on any atom is -0.331 e. The lowest BCUT2D eigenvalue weighted by Crippen LogP contribution is -2.22. The number of rotatable bonds is 2. The number of hydrogen-bond donors (Lipinski definition) is 1. The number of thiophene rings is 1. The molecule has 0 aliphatic rings. The Bertz CT molecular complexity index is 860. The van der Waals surface area contributed by atoms with E-state index in [4.69, 9.17) is 12.2 Å². The Balaban J connectivity index is 2.18. The lowest BCUT2D eigenvalue weighted by Gasteiger charge is -2.08. The van der Waals surface area contributed by atoms with Gasteiger partial charge < -0.3 is 4.98 Å². The van der Waals surface area contributed by atoms with Crippen molar-refractivity contribution in [1.29, 1.82) is 0 Å². The highest BCUT2D eigenvalue weighted by Crippen LogP contribution is 2.15. The summed E-state index contributed by atoms with van der Waals surface area (Å²) in [5.74, 6) is 0. The van der Waals surface area contributed by atoms with Crippen LogP contribution in [0, 0.1) is 11.7 Å². The van der Waals surface area contributed by atoms with Gasteiger partial charge in [0.05, 0.1) is 12.1 Å². The van der Waals surface area contributed by atoms with Gasteiger partial charge in [0.25, 0.3) is 5.56 Å². The smallest absolute Gasteiger partial charge is 0.272 e. The number of H-pyrrole nitrogens is 1. The second-order valence-electron chi connectivity index (χ2n) is 4.29. The van der Waals surface area contributed by atoms with Crippen molar-refractivity contribution in [2.24, 2.45) is 0 Å². The molecular formula is C13H11N3OS2. The summed E-state index contributed by atoms with van der Waals surface area (Å²) in [5, 5.41) is 1.89. The minimum atomic E-state index is -0.0371. The second-order valence-corrected chi connectivity index (χ2v) is 5.59. The monoisotopic (exact) mass is 289 g/mol. The number of fused-ring (bicyclic) bond motifs is 1. The van der Waals surface area contributed by atoms with Crippen LogP contribution in [0.5, 0.6) is 0 Å². The summed E-state index contributed by atoms with van der Waals surface area (Å²) < 4.78 is 2.75. The average Bonchev–Trinajstić information content (AvgIpc) is 2.84. The third kappa shape index (κ3) is 2.13. The maximum Gasteiger partial charge on any atom is 0.272 e. The SMILES string of the molecule is Cc1cnccc1Cn1c(=S)[nH]c2ccsc2c1=O. The van der Waals surface area contributed by atoms with Gasteiger partial charge in [-0.3, -0.25) is 14.3 Å². The number of nitrogens with zero attached hydrogens (tertiary/aromatic N) is 2. The predicted octanol–water partition coefficient (Wildman–Crippen LogP) is 2.87. The molecule has 0 saturated heterocycles. The normalized spacial score (nSPS) is 11.0. The average molecular weight is 289 g/mol. The number of aromatic amines is 1. The van der Waals surface area contributed by atoms with Gasteiger partial charge in [-0.2, -0.15) is 0 Å². The van der Waals surface area contributed by atoms with Crippen molar-refractivity contribution in [2.75, 3.05) is 0 Å². The molecule has 0 saturated carbocycles. The maximum atomic E-state index is 12.4. The Labute approximate surface area is 118 Å². The molecule has 0 atom stereocenters. The molecule has 6 heteroatoms. The summed E-state index contributed by atoms with van der Waals surface area (Å²) in [7, 11) is 0. The highest BCUT2D eigenvalue weighted by atomic mass is 32.1. The largest absolute Gasteiger partial charge is 0.331 e. The molecule has 0 fully saturated rings. The molecule has 0 amide bonds. The molecule has 0 spiro atoms. The molecular weight excluding hydrogens is 278 g/mol. The van der Waals surface area contributed by atoms with Crippen LogP contribution in [-0.2, 0) is 6.54 Å². The lowest BCUT2D eigenvalue weighted by atomic mass is 10.1. The Morgan fingerprint density at radius 3 is 3.11 bits per heavy atom. The van der Waals surface area contributed by atoms with Crippen LogP contribution in [0.2, 0.25) is 0 Å². The molecule has 0 aromatic carbocycles. The molecule has 0 unspecified atom stereocenters. The van der Waals surface area contributed by atoms with Gasteiger partial charge in [-0.05, 0) is 47.8 Å². The molecule has 3 rings (SSSR count). The summed E-state index contributed by atoms with van der Waals surface area (Å²) in [6, 6.07) is 3.79. The first-order valence-electron chi connectivity index (χ1n) is 5.76. The fourth-order valence-corrected chi connectivity index (χ4v) is 3.02. The fourth-order valence-electron chi connectivity index (χ4n) is 1.96. The van der Waals surface area contributed by atoms with Crippen molar-refractivity contribution in [3.8, 4) is 0 Å². The van der Waals surface area contributed by atoms with Crippen LogP contribution in [0.15, 0.2) is 34.7 Å². The summed E-state index contributed by atoms with van der Waals surface area (Å²) in [4.78, 5) is 19.5. The highest BCUT2D eigenvalue weighted by Gasteiger charge is 2.08. The summed E-state index contributed by atoms with van der Waals surface area (Å²) >= 11 is 6.70. The molecule has 19 heavy (non-hydrogen) atoms. The van der Waals surface area contributed by atoms with Crippen molar-refractivity contribution < 1.29 is 0 Å². The predicted molar refractivity (Wildman–Crippen MR) is 79.3 cm³/mol. The van der Waals surface area contributed by atoms with E-state index in [0.717, 1.165) is 16.6 Å². The van der Waals surface area contributed by atoms with Gasteiger partial charge in [0, 0.05) is 12.4 Å². The third-order valence-electron chi connectivity index (χ3n) is 3.06. The first-order chi connectivity index (χ1) is 9.16. The Morgan fingerprint density at radius 2 is 2.32 bits per heavy atom. The van der Waals surface area contributed by atoms with E-state index in [-0.39, 0.29) is 5.56 Å². The standard InChI is InChI=1S/C13H11N3OS2/c1-8-6-14-4-2-9(8)7-16-12(17)11-10(3-5-19-11)15-13(16)18/h2-6H,7H2,1H3,(H,15,18). The van der Waals surface area contributed by atoms with E-state index in [1.807, 2.05) is 24.4 Å².